The molecule has 0 saturated heterocycles. The van der Waals surface area contributed by atoms with Crippen molar-refractivity contribution in [2.75, 3.05) is 0 Å². The Morgan fingerprint density at radius 3 is 1.75 bits per heavy atom. The van der Waals surface area contributed by atoms with Crippen molar-refractivity contribution in [2.24, 2.45) is 0 Å². The van der Waals surface area contributed by atoms with Gasteiger partial charge in [0.15, 0.2) is 0 Å². The van der Waals surface area contributed by atoms with E-state index in [1.165, 1.54) is 0 Å². The quantitative estimate of drug-likeness (QED) is 0.426. The fourth-order valence-electron chi connectivity index (χ4n) is 1.44. The highest BCUT2D eigenvalue weighted by molar-refractivity contribution is 8.01. The number of hydrogen-bond acceptors (Lipinski definition) is 3. The van der Waals surface area contributed by atoms with Gasteiger partial charge < -0.3 is 4.79 Å². The summed E-state index contributed by atoms with van der Waals surface area (Å²) in [5.74, 6) is 0. The number of rotatable bonds is 5. The highest BCUT2D eigenvalue weighted by Gasteiger charge is 2.33. The number of alkyl halides is 6. The highest BCUT2D eigenvalue weighted by atomic mass is 32.2. The Kier molecular flexibility index (Phi) is 5.81. The standard InChI is InChI=1S/C11H8F6OS2/c12-10(13,14)19-8-4-1-5-9(20-11(15,16)17)7(8)3-2-6-18/h1,4-6H,2-3H2. The largest absolute Gasteiger partial charge is 0.446 e. The van der Waals surface area contributed by atoms with Crippen LogP contribution in [0.4, 0.5) is 26.3 Å². The molecule has 1 aromatic carbocycles. The van der Waals surface area contributed by atoms with Crippen molar-refractivity contribution >= 4 is 29.8 Å². The summed E-state index contributed by atoms with van der Waals surface area (Å²) in [5, 5.41) is 0. The Bertz CT molecular complexity index is 435. The van der Waals surface area contributed by atoms with Crippen LogP contribution in [0.5, 0.6) is 0 Å². The van der Waals surface area contributed by atoms with Gasteiger partial charge in [-0.1, -0.05) is 6.07 Å². The Balaban J connectivity index is 3.15. The van der Waals surface area contributed by atoms with Gasteiger partial charge in [0.1, 0.15) is 6.29 Å². The van der Waals surface area contributed by atoms with Crippen molar-refractivity contribution in [3.8, 4) is 0 Å². The molecule has 0 aliphatic carbocycles. The van der Waals surface area contributed by atoms with Crippen LogP contribution in [0.2, 0.25) is 0 Å². The minimum Gasteiger partial charge on any atom is -0.303 e. The van der Waals surface area contributed by atoms with E-state index in [2.05, 4.69) is 0 Å². The first-order valence-corrected chi connectivity index (χ1v) is 6.82. The molecule has 0 aromatic heterocycles. The lowest BCUT2D eigenvalue weighted by molar-refractivity contribution is -0.107. The first-order valence-electron chi connectivity index (χ1n) is 5.19. The normalized spacial score (nSPS) is 12.5. The lowest BCUT2D eigenvalue weighted by Gasteiger charge is -2.15. The summed E-state index contributed by atoms with van der Waals surface area (Å²) in [6.07, 6.45) is 0.152. The molecule has 0 atom stereocenters. The molecular formula is C11H8F6OS2. The van der Waals surface area contributed by atoms with Crippen molar-refractivity contribution < 1.29 is 31.1 Å². The van der Waals surface area contributed by atoms with Crippen LogP contribution in [0, 0.1) is 0 Å². The maximum atomic E-state index is 12.4. The smallest absolute Gasteiger partial charge is 0.303 e. The molecule has 0 amide bonds. The predicted molar refractivity (Wildman–Crippen MR) is 64.7 cm³/mol. The van der Waals surface area contributed by atoms with Crippen LogP contribution in [0.3, 0.4) is 0 Å². The number of hydrogen-bond donors (Lipinski definition) is 0. The van der Waals surface area contributed by atoms with Crippen molar-refractivity contribution in [1.82, 2.24) is 0 Å². The van der Waals surface area contributed by atoms with Crippen LogP contribution in [0.25, 0.3) is 0 Å². The van der Waals surface area contributed by atoms with Crippen LogP contribution >= 0.6 is 23.5 Å². The molecule has 9 heteroatoms. The zero-order valence-electron chi connectivity index (χ0n) is 9.72. The average molecular weight is 334 g/mol. The maximum Gasteiger partial charge on any atom is 0.446 e. The van der Waals surface area contributed by atoms with Crippen LogP contribution in [0.1, 0.15) is 12.0 Å². The van der Waals surface area contributed by atoms with Crippen LogP contribution in [-0.2, 0) is 11.2 Å². The summed E-state index contributed by atoms with van der Waals surface area (Å²) >= 11 is -0.957. The van der Waals surface area contributed by atoms with Gasteiger partial charge in [-0.2, -0.15) is 26.3 Å². The molecule has 20 heavy (non-hydrogen) atoms. The van der Waals surface area contributed by atoms with Crippen LogP contribution in [-0.4, -0.2) is 17.3 Å². The fraction of sp³-hybridized carbons (Fsp3) is 0.364. The van der Waals surface area contributed by atoms with E-state index in [4.69, 9.17) is 0 Å². The number of thioether (sulfide) groups is 2. The summed E-state index contributed by atoms with van der Waals surface area (Å²) in [6.45, 7) is 0. The minimum atomic E-state index is -4.60. The number of carbonyl (C=O) groups excluding carboxylic acids is 1. The topological polar surface area (TPSA) is 17.1 Å². The number of halogens is 6. The van der Waals surface area contributed by atoms with Gasteiger partial charge in [-0.3, -0.25) is 0 Å². The van der Waals surface area contributed by atoms with E-state index < -0.39 is 34.5 Å². The SMILES string of the molecule is O=CCCc1c(SC(F)(F)F)cccc1SC(F)(F)F. The molecule has 1 aromatic rings. The van der Waals surface area contributed by atoms with E-state index >= 15 is 0 Å². The van der Waals surface area contributed by atoms with E-state index in [0.717, 1.165) is 18.2 Å². The monoisotopic (exact) mass is 334 g/mol. The Labute approximate surface area is 119 Å². The first-order chi connectivity index (χ1) is 9.12. The third kappa shape index (κ3) is 6.08. The molecule has 0 aliphatic rings. The second-order valence-electron chi connectivity index (χ2n) is 3.53. The highest BCUT2D eigenvalue weighted by Crippen LogP contribution is 2.44. The zero-order chi connectivity index (χ0) is 15.4. The third-order valence-corrected chi connectivity index (χ3v) is 3.72. The third-order valence-electron chi connectivity index (χ3n) is 2.05. The van der Waals surface area contributed by atoms with E-state index in [9.17, 15) is 31.1 Å². The Morgan fingerprint density at radius 2 is 1.40 bits per heavy atom. The van der Waals surface area contributed by atoms with E-state index in [-0.39, 0.29) is 28.2 Å². The van der Waals surface area contributed by atoms with Crippen molar-refractivity contribution in [3.05, 3.63) is 23.8 Å². The average Bonchev–Trinajstić information content (AvgIpc) is 2.24. The maximum absolute atomic E-state index is 12.4. The summed E-state index contributed by atoms with van der Waals surface area (Å²) in [6, 6.07) is 3.32. The minimum absolute atomic E-state index is 0.107. The van der Waals surface area contributed by atoms with E-state index in [1.807, 2.05) is 0 Å². The fourth-order valence-corrected chi connectivity index (χ4v) is 2.96. The zero-order valence-corrected chi connectivity index (χ0v) is 11.3. The van der Waals surface area contributed by atoms with E-state index in [0.29, 0.717) is 6.29 Å². The molecule has 0 aliphatic heterocycles. The molecular weight excluding hydrogens is 326 g/mol. The van der Waals surface area contributed by atoms with Crippen molar-refractivity contribution in [2.45, 2.75) is 33.6 Å². The van der Waals surface area contributed by atoms with Crippen LogP contribution in [0.15, 0.2) is 28.0 Å². The molecule has 0 spiro atoms. The molecule has 0 heterocycles. The first kappa shape index (κ1) is 17.2. The van der Waals surface area contributed by atoms with Gasteiger partial charge in [-0.25, -0.2) is 0 Å². The molecule has 0 bridgehead atoms. The summed E-state index contributed by atoms with van der Waals surface area (Å²) in [4.78, 5) is 9.69. The Morgan fingerprint density at radius 1 is 0.950 bits per heavy atom. The van der Waals surface area contributed by atoms with Crippen LogP contribution < -0.4 is 0 Å². The summed E-state index contributed by atoms with van der Waals surface area (Å²) in [7, 11) is 0. The number of benzene rings is 1. The molecule has 1 rings (SSSR count). The molecule has 0 fully saturated rings. The van der Waals surface area contributed by atoms with Crippen molar-refractivity contribution in [1.29, 1.82) is 0 Å². The predicted octanol–water partition coefficient (Wildman–Crippen LogP) is 5.04. The summed E-state index contributed by atoms with van der Waals surface area (Å²) < 4.78 is 74.3. The van der Waals surface area contributed by atoms with Gasteiger partial charge in [-0.05, 0) is 47.6 Å². The van der Waals surface area contributed by atoms with Gasteiger partial charge >= 0.3 is 11.0 Å². The second-order valence-corrected chi connectivity index (χ2v) is 5.75. The molecule has 0 saturated carbocycles. The van der Waals surface area contributed by atoms with E-state index in [1.54, 1.807) is 0 Å². The van der Waals surface area contributed by atoms with Gasteiger partial charge in [-0.15, -0.1) is 0 Å². The second kappa shape index (κ2) is 6.75. The lowest BCUT2D eigenvalue weighted by Crippen LogP contribution is -2.05. The van der Waals surface area contributed by atoms with Gasteiger partial charge in [0.25, 0.3) is 0 Å². The number of aldehydes is 1. The molecule has 112 valence electrons. The Hall–Kier alpha value is -0.830. The summed E-state index contributed by atoms with van der Waals surface area (Å²) in [5.41, 5.74) is -9.31. The number of carbonyl (C=O) groups is 1. The van der Waals surface area contributed by atoms with Gasteiger partial charge in [0, 0.05) is 16.2 Å². The lowest BCUT2D eigenvalue weighted by atomic mass is 10.1. The van der Waals surface area contributed by atoms with Crippen molar-refractivity contribution in [3.63, 3.8) is 0 Å². The van der Waals surface area contributed by atoms with Gasteiger partial charge in [0.05, 0.1) is 0 Å². The van der Waals surface area contributed by atoms with Gasteiger partial charge in [0.2, 0.25) is 0 Å². The molecule has 0 N–H and O–H groups in total. The molecule has 1 nitrogen and oxygen atoms in total. The molecule has 0 unspecified atom stereocenters. The molecule has 0 radical (unpaired) electrons.